The van der Waals surface area contributed by atoms with Crippen LogP contribution in [0, 0.1) is 28.6 Å². The Bertz CT molecular complexity index is 654. The standard InChI is InChI=1S/C21H31NO3/c1-20-8-7-16-14(15(20)5-6-19(20)22)4-3-12-9-13(24)10-17(18(25)11-23)21(12,16)2/h3-4,13,15-17,19,23-24H,5-11,22H2,1-2H3/t13?,15-,16+,17?,19?,20-,21-/m0/s1. The van der Waals surface area contributed by atoms with Crippen LogP contribution in [0.15, 0.2) is 23.3 Å². The van der Waals surface area contributed by atoms with E-state index in [0.717, 1.165) is 25.7 Å². The highest BCUT2D eigenvalue weighted by Gasteiger charge is 2.58. The molecule has 0 radical (unpaired) electrons. The van der Waals surface area contributed by atoms with Crippen LogP contribution < -0.4 is 5.73 Å². The normalized spacial score (nSPS) is 48.8. The summed E-state index contributed by atoms with van der Waals surface area (Å²) in [6, 6.07) is 0.264. The number of rotatable bonds is 2. The highest BCUT2D eigenvalue weighted by Crippen LogP contribution is 2.64. The van der Waals surface area contributed by atoms with E-state index in [1.807, 2.05) is 0 Å². The van der Waals surface area contributed by atoms with Gasteiger partial charge in [-0.2, -0.15) is 0 Å². The van der Waals surface area contributed by atoms with Crippen molar-refractivity contribution < 1.29 is 15.0 Å². The fourth-order valence-electron chi connectivity index (χ4n) is 6.70. The van der Waals surface area contributed by atoms with E-state index < -0.39 is 12.7 Å². The molecule has 4 aliphatic carbocycles. The first-order valence-electron chi connectivity index (χ1n) is 9.80. The quantitative estimate of drug-likeness (QED) is 0.717. The monoisotopic (exact) mass is 345 g/mol. The largest absolute Gasteiger partial charge is 0.393 e. The summed E-state index contributed by atoms with van der Waals surface area (Å²) >= 11 is 0. The van der Waals surface area contributed by atoms with Crippen molar-refractivity contribution >= 4 is 5.78 Å². The van der Waals surface area contributed by atoms with Crippen LogP contribution in [-0.2, 0) is 4.79 Å². The molecule has 25 heavy (non-hydrogen) atoms. The number of nitrogens with two attached hydrogens (primary N) is 1. The van der Waals surface area contributed by atoms with Crippen molar-refractivity contribution in [2.45, 2.75) is 64.5 Å². The Morgan fingerprint density at radius 2 is 2.00 bits per heavy atom. The Morgan fingerprint density at radius 3 is 2.72 bits per heavy atom. The van der Waals surface area contributed by atoms with Gasteiger partial charge in [-0.3, -0.25) is 4.79 Å². The van der Waals surface area contributed by atoms with E-state index in [1.165, 1.54) is 11.1 Å². The van der Waals surface area contributed by atoms with Gasteiger partial charge in [-0.1, -0.05) is 37.1 Å². The molecule has 138 valence electrons. The van der Waals surface area contributed by atoms with E-state index >= 15 is 0 Å². The molecular weight excluding hydrogens is 314 g/mol. The summed E-state index contributed by atoms with van der Waals surface area (Å²) in [6.07, 6.45) is 9.45. The van der Waals surface area contributed by atoms with Gasteiger partial charge in [0.1, 0.15) is 6.61 Å². The predicted octanol–water partition coefficient (Wildman–Crippen LogP) is 2.35. The van der Waals surface area contributed by atoms with E-state index in [4.69, 9.17) is 5.73 Å². The molecule has 0 bridgehead atoms. The zero-order valence-corrected chi connectivity index (χ0v) is 15.4. The van der Waals surface area contributed by atoms with Crippen molar-refractivity contribution in [2.24, 2.45) is 34.3 Å². The van der Waals surface area contributed by atoms with Crippen LogP contribution in [0.1, 0.15) is 52.4 Å². The zero-order valence-electron chi connectivity index (χ0n) is 15.4. The third-order valence-electron chi connectivity index (χ3n) is 8.31. The highest BCUT2D eigenvalue weighted by molar-refractivity contribution is 5.84. The maximum Gasteiger partial charge on any atom is 0.162 e. The molecule has 4 nitrogen and oxygen atoms in total. The molecule has 0 saturated heterocycles. The average molecular weight is 345 g/mol. The fraction of sp³-hybridized carbons (Fsp3) is 0.762. The second-order valence-electron chi connectivity index (χ2n) is 9.25. The molecule has 3 fully saturated rings. The third kappa shape index (κ3) is 2.27. The van der Waals surface area contributed by atoms with Crippen molar-refractivity contribution in [1.82, 2.24) is 0 Å². The topological polar surface area (TPSA) is 83.5 Å². The molecule has 4 aliphatic rings. The van der Waals surface area contributed by atoms with Crippen LogP contribution in [0.25, 0.3) is 0 Å². The van der Waals surface area contributed by atoms with Crippen LogP contribution in [0.3, 0.4) is 0 Å². The van der Waals surface area contributed by atoms with Crippen molar-refractivity contribution in [3.8, 4) is 0 Å². The fourth-order valence-corrected chi connectivity index (χ4v) is 6.70. The molecule has 0 amide bonds. The molecule has 0 heterocycles. The van der Waals surface area contributed by atoms with E-state index in [0.29, 0.717) is 24.7 Å². The molecule has 4 N–H and O–H groups in total. The van der Waals surface area contributed by atoms with Crippen molar-refractivity contribution in [3.05, 3.63) is 23.3 Å². The van der Waals surface area contributed by atoms with Crippen molar-refractivity contribution in [3.63, 3.8) is 0 Å². The smallest absolute Gasteiger partial charge is 0.162 e. The Kier molecular flexibility index (Phi) is 4.02. The second kappa shape index (κ2) is 5.77. The number of carbonyl (C=O) groups is 1. The summed E-state index contributed by atoms with van der Waals surface area (Å²) in [6.45, 7) is 4.12. The molecule has 4 heteroatoms. The molecule has 7 atom stereocenters. The van der Waals surface area contributed by atoms with E-state index in [1.54, 1.807) is 0 Å². The lowest BCUT2D eigenvalue weighted by atomic mass is 9.48. The number of fused-ring (bicyclic) bond motifs is 5. The maximum absolute atomic E-state index is 12.6. The number of Topliss-reactive ketones (excluding diaryl/α,β-unsaturated/α-hetero) is 1. The van der Waals surface area contributed by atoms with Gasteiger partial charge < -0.3 is 15.9 Å². The molecule has 0 aliphatic heterocycles. The Labute approximate surface area is 150 Å². The molecule has 3 unspecified atom stereocenters. The molecule has 4 rings (SSSR count). The first kappa shape index (κ1) is 17.4. The number of hydrogen-bond donors (Lipinski definition) is 3. The first-order valence-corrected chi connectivity index (χ1v) is 9.80. The minimum Gasteiger partial charge on any atom is -0.393 e. The van der Waals surface area contributed by atoms with Crippen LogP contribution in [0.4, 0.5) is 0 Å². The summed E-state index contributed by atoms with van der Waals surface area (Å²) < 4.78 is 0. The Balaban J connectivity index is 1.78. The lowest BCUT2D eigenvalue weighted by molar-refractivity contribution is -0.133. The lowest BCUT2D eigenvalue weighted by Crippen LogP contribution is -2.53. The van der Waals surface area contributed by atoms with Gasteiger partial charge in [0.15, 0.2) is 5.78 Å². The second-order valence-corrected chi connectivity index (χ2v) is 9.25. The lowest BCUT2D eigenvalue weighted by Gasteiger charge is -2.56. The van der Waals surface area contributed by atoms with Crippen LogP contribution in [-0.4, -0.2) is 34.7 Å². The number of allylic oxidation sites excluding steroid dienone is 3. The molecular formula is C21H31NO3. The predicted molar refractivity (Wildman–Crippen MR) is 96.6 cm³/mol. The summed E-state index contributed by atoms with van der Waals surface area (Å²) in [5, 5.41) is 19.8. The van der Waals surface area contributed by atoms with Crippen LogP contribution in [0.5, 0.6) is 0 Å². The van der Waals surface area contributed by atoms with E-state index in [9.17, 15) is 15.0 Å². The SMILES string of the molecule is C[C@]12CC[C@@H]3C(=CC=C4CC(O)CC(C(=O)CO)[C@@]43C)[C@@H]1CCC2N. The van der Waals surface area contributed by atoms with Crippen molar-refractivity contribution in [2.75, 3.05) is 6.61 Å². The molecule has 0 aromatic carbocycles. The number of ketones is 1. The van der Waals surface area contributed by atoms with Gasteiger partial charge in [0.2, 0.25) is 0 Å². The summed E-state index contributed by atoms with van der Waals surface area (Å²) in [5.41, 5.74) is 9.04. The highest BCUT2D eigenvalue weighted by atomic mass is 16.3. The van der Waals surface area contributed by atoms with Gasteiger partial charge in [-0.15, -0.1) is 0 Å². The van der Waals surface area contributed by atoms with Gasteiger partial charge in [-0.05, 0) is 55.8 Å². The molecule has 0 aromatic rings. The van der Waals surface area contributed by atoms with E-state index in [2.05, 4.69) is 26.0 Å². The van der Waals surface area contributed by atoms with Gasteiger partial charge >= 0.3 is 0 Å². The summed E-state index contributed by atoms with van der Waals surface area (Å²) in [7, 11) is 0. The van der Waals surface area contributed by atoms with Gasteiger partial charge in [0, 0.05) is 17.4 Å². The summed E-state index contributed by atoms with van der Waals surface area (Å²) in [4.78, 5) is 12.6. The minimum absolute atomic E-state index is 0.121. The first-order chi connectivity index (χ1) is 11.8. The van der Waals surface area contributed by atoms with E-state index in [-0.39, 0.29) is 28.6 Å². The minimum atomic E-state index is -0.483. The Morgan fingerprint density at radius 1 is 1.24 bits per heavy atom. The maximum atomic E-state index is 12.6. The number of aliphatic hydroxyl groups excluding tert-OH is 2. The number of hydrogen-bond acceptors (Lipinski definition) is 4. The third-order valence-corrected chi connectivity index (χ3v) is 8.31. The van der Waals surface area contributed by atoms with Gasteiger partial charge in [-0.25, -0.2) is 0 Å². The van der Waals surface area contributed by atoms with Crippen LogP contribution >= 0.6 is 0 Å². The molecule has 0 spiro atoms. The number of carbonyl (C=O) groups excluding carboxylic acids is 1. The molecule has 0 aromatic heterocycles. The van der Waals surface area contributed by atoms with Crippen molar-refractivity contribution in [1.29, 1.82) is 0 Å². The zero-order chi connectivity index (χ0) is 18.0. The van der Waals surface area contributed by atoms with Gasteiger partial charge in [0.05, 0.1) is 6.10 Å². The number of aliphatic hydroxyl groups is 2. The molecule has 3 saturated carbocycles. The average Bonchev–Trinajstić information content (AvgIpc) is 2.89. The van der Waals surface area contributed by atoms with Gasteiger partial charge in [0.25, 0.3) is 0 Å². The summed E-state index contributed by atoms with van der Waals surface area (Å²) in [5.74, 6) is 0.432. The van der Waals surface area contributed by atoms with Crippen LogP contribution in [0.2, 0.25) is 0 Å². The Hall–Kier alpha value is -0.970.